The van der Waals surface area contributed by atoms with Gasteiger partial charge in [-0.2, -0.15) is 18.2 Å². The Bertz CT molecular complexity index is 1770. The zero-order valence-electron chi connectivity index (χ0n) is 23.5. The van der Waals surface area contributed by atoms with Crippen LogP contribution in [-0.4, -0.2) is 47.9 Å². The SMILES string of the molecule is COc1cc2ncnc(Oc3ccc4oc(Nc5cc(OC(C)C6CCCN6)cc(C(F)(F)F)c5)nc4c3)c2cc1OC. The van der Waals surface area contributed by atoms with Crippen LogP contribution in [0.4, 0.5) is 24.9 Å². The minimum Gasteiger partial charge on any atom is -0.493 e. The lowest BCUT2D eigenvalue weighted by Gasteiger charge is -2.22. The Morgan fingerprint density at radius 2 is 1.79 bits per heavy atom. The zero-order chi connectivity index (χ0) is 30.1. The van der Waals surface area contributed by atoms with E-state index in [0.717, 1.165) is 31.5 Å². The van der Waals surface area contributed by atoms with E-state index >= 15 is 0 Å². The van der Waals surface area contributed by atoms with Crippen molar-refractivity contribution in [2.24, 2.45) is 0 Å². The second kappa shape index (κ2) is 11.5. The molecule has 1 aliphatic heterocycles. The number of aromatic nitrogens is 3. The maximum absolute atomic E-state index is 13.7. The molecule has 0 aliphatic carbocycles. The highest BCUT2D eigenvalue weighted by molar-refractivity contribution is 5.87. The summed E-state index contributed by atoms with van der Waals surface area (Å²) in [7, 11) is 3.06. The van der Waals surface area contributed by atoms with E-state index in [1.165, 1.54) is 26.6 Å². The Hall–Kier alpha value is -4.78. The molecule has 0 spiro atoms. The van der Waals surface area contributed by atoms with Gasteiger partial charge >= 0.3 is 6.18 Å². The van der Waals surface area contributed by atoms with Gasteiger partial charge in [0.05, 0.1) is 30.7 Å². The van der Waals surface area contributed by atoms with Gasteiger partial charge in [-0.3, -0.25) is 0 Å². The van der Waals surface area contributed by atoms with E-state index in [0.29, 0.717) is 39.3 Å². The molecule has 3 heterocycles. The molecule has 0 radical (unpaired) electrons. The molecule has 13 heteroatoms. The van der Waals surface area contributed by atoms with E-state index in [2.05, 4.69) is 25.6 Å². The van der Waals surface area contributed by atoms with E-state index in [4.69, 9.17) is 23.4 Å². The minimum absolute atomic E-state index is 0.00671. The second-order valence-electron chi connectivity index (χ2n) is 10.0. The maximum atomic E-state index is 13.7. The molecule has 1 saturated heterocycles. The fourth-order valence-electron chi connectivity index (χ4n) is 5.01. The number of benzene rings is 3. The summed E-state index contributed by atoms with van der Waals surface area (Å²) in [5, 5.41) is 6.76. The first-order valence-electron chi connectivity index (χ1n) is 13.5. The number of anilines is 2. The number of nitrogens with one attached hydrogen (secondary N) is 2. The summed E-state index contributed by atoms with van der Waals surface area (Å²) in [4.78, 5) is 13.0. The van der Waals surface area contributed by atoms with Crippen LogP contribution in [0.5, 0.6) is 28.9 Å². The quantitative estimate of drug-likeness (QED) is 0.187. The van der Waals surface area contributed by atoms with Crippen LogP contribution < -0.4 is 29.6 Å². The minimum atomic E-state index is -4.57. The first-order chi connectivity index (χ1) is 20.7. The monoisotopic (exact) mass is 595 g/mol. The smallest absolute Gasteiger partial charge is 0.416 e. The summed E-state index contributed by atoms with van der Waals surface area (Å²) >= 11 is 0. The molecule has 10 nitrogen and oxygen atoms in total. The highest BCUT2D eigenvalue weighted by atomic mass is 19.4. The third-order valence-electron chi connectivity index (χ3n) is 7.15. The van der Waals surface area contributed by atoms with Gasteiger partial charge in [-0.05, 0) is 56.6 Å². The molecule has 3 aromatic carbocycles. The van der Waals surface area contributed by atoms with Gasteiger partial charge in [-0.15, -0.1) is 0 Å². The van der Waals surface area contributed by atoms with Gasteiger partial charge in [0.2, 0.25) is 5.88 Å². The van der Waals surface area contributed by atoms with Crippen LogP contribution in [0.1, 0.15) is 25.3 Å². The van der Waals surface area contributed by atoms with Crippen molar-refractivity contribution in [3.8, 4) is 28.9 Å². The highest BCUT2D eigenvalue weighted by Gasteiger charge is 2.32. The van der Waals surface area contributed by atoms with Crippen LogP contribution >= 0.6 is 0 Å². The molecular weight excluding hydrogens is 567 g/mol. The van der Waals surface area contributed by atoms with Crippen molar-refractivity contribution in [1.82, 2.24) is 20.3 Å². The van der Waals surface area contributed by atoms with Gasteiger partial charge in [0.25, 0.3) is 6.01 Å². The number of ether oxygens (including phenoxy) is 4. The predicted octanol–water partition coefficient (Wildman–Crippen LogP) is 6.86. The Balaban J connectivity index is 1.25. The molecule has 1 aliphatic rings. The highest BCUT2D eigenvalue weighted by Crippen LogP contribution is 2.38. The van der Waals surface area contributed by atoms with Crippen molar-refractivity contribution >= 4 is 33.7 Å². The van der Waals surface area contributed by atoms with Gasteiger partial charge < -0.3 is 34.0 Å². The largest absolute Gasteiger partial charge is 0.493 e. The molecule has 2 unspecified atom stereocenters. The van der Waals surface area contributed by atoms with Crippen molar-refractivity contribution in [3.63, 3.8) is 0 Å². The van der Waals surface area contributed by atoms with Crippen molar-refractivity contribution in [2.45, 2.75) is 38.1 Å². The third-order valence-corrected chi connectivity index (χ3v) is 7.15. The predicted molar refractivity (Wildman–Crippen MR) is 153 cm³/mol. The molecule has 6 rings (SSSR count). The van der Waals surface area contributed by atoms with E-state index in [-0.39, 0.29) is 35.5 Å². The molecule has 43 heavy (non-hydrogen) atoms. The van der Waals surface area contributed by atoms with E-state index < -0.39 is 11.7 Å². The van der Waals surface area contributed by atoms with Crippen LogP contribution in [0.25, 0.3) is 22.0 Å². The number of methoxy groups -OCH3 is 2. The van der Waals surface area contributed by atoms with Crippen molar-refractivity contribution in [1.29, 1.82) is 0 Å². The van der Waals surface area contributed by atoms with Crippen LogP contribution in [0, 0.1) is 0 Å². The van der Waals surface area contributed by atoms with Crippen LogP contribution in [0.15, 0.2) is 59.3 Å². The number of nitrogens with zero attached hydrogens (tertiary/aromatic N) is 3. The molecule has 5 aromatic rings. The summed E-state index contributed by atoms with van der Waals surface area (Å²) < 4.78 is 69.6. The third kappa shape index (κ3) is 6.07. The topological polar surface area (TPSA) is 113 Å². The number of halogens is 3. The molecule has 1 fully saturated rings. The number of hydrogen-bond acceptors (Lipinski definition) is 10. The second-order valence-corrected chi connectivity index (χ2v) is 10.0. The molecule has 224 valence electrons. The summed E-state index contributed by atoms with van der Waals surface area (Å²) in [5.74, 6) is 1.79. The van der Waals surface area contributed by atoms with Crippen LogP contribution in [0.3, 0.4) is 0 Å². The normalized spacial score (nSPS) is 15.9. The first-order valence-corrected chi connectivity index (χ1v) is 13.5. The number of hydrogen-bond donors (Lipinski definition) is 2. The van der Waals surface area contributed by atoms with Gasteiger partial charge in [-0.1, -0.05) is 0 Å². The molecule has 2 atom stereocenters. The molecule has 0 amide bonds. The van der Waals surface area contributed by atoms with E-state index in [1.54, 1.807) is 30.3 Å². The Kier molecular flexibility index (Phi) is 7.57. The summed E-state index contributed by atoms with van der Waals surface area (Å²) in [6.45, 7) is 2.70. The Labute approximate surface area is 244 Å². The van der Waals surface area contributed by atoms with Gasteiger partial charge in [0, 0.05) is 29.9 Å². The van der Waals surface area contributed by atoms with Crippen LogP contribution in [-0.2, 0) is 6.18 Å². The first kappa shape index (κ1) is 28.3. The number of rotatable bonds is 9. The van der Waals surface area contributed by atoms with Gasteiger partial charge in [-0.25, -0.2) is 9.97 Å². The summed E-state index contributed by atoms with van der Waals surface area (Å²) in [5.41, 5.74) is 0.684. The molecular formula is C30H28F3N5O5. The molecule has 2 N–H and O–H groups in total. The fourth-order valence-corrected chi connectivity index (χ4v) is 5.01. The van der Waals surface area contributed by atoms with Crippen LogP contribution in [0.2, 0.25) is 0 Å². The molecule has 0 bridgehead atoms. The van der Waals surface area contributed by atoms with Crippen molar-refractivity contribution in [2.75, 3.05) is 26.1 Å². The number of alkyl halides is 3. The summed E-state index contributed by atoms with van der Waals surface area (Å²) in [6.07, 6.45) is -1.61. The van der Waals surface area contributed by atoms with Crippen molar-refractivity contribution in [3.05, 3.63) is 60.4 Å². The zero-order valence-corrected chi connectivity index (χ0v) is 23.5. The lowest BCUT2D eigenvalue weighted by atomic mass is 10.1. The van der Waals surface area contributed by atoms with Gasteiger partial charge in [0.15, 0.2) is 17.1 Å². The fraction of sp³-hybridized carbons (Fsp3) is 0.300. The Morgan fingerprint density at radius 3 is 2.53 bits per heavy atom. The summed E-state index contributed by atoms with van der Waals surface area (Å²) in [6, 6.07) is 11.9. The standard InChI is InChI=1S/C30H28F3N5O5/c1-16(22-5-4-8-34-22)41-20-10-17(30(31,32)33)9-18(11-20)37-29-38-24-12-19(6-7-25(24)43-29)42-28-21-13-26(39-2)27(40-3)14-23(21)35-15-36-28/h6-7,9-16,22,34H,4-5,8H2,1-3H3,(H,37,38). The average molecular weight is 596 g/mol. The average Bonchev–Trinajstić information content (AvgIpc) is 3.66. The number of oxazole rings is 1. The Morgan fingerprint density at radius 1 is 0.977 bits per heavy atom. The van der Waals surface area contributed by atoms with E-state index in [1.807, 2.05) is 6.92 Å². The maximum Gasteiger partial charge on any atom is 0.416 e. The van der Waals surface area contributed by atoms with E-state index in [9.17, 15) is 13.2 Å². The van der Waals surface area contributed by atoms with Crippen molar-refractivity contribution < 1.29 is 36.5 Å². The van der Waals surface area contributed by atoms with Gasteiger partial charge in [0.1, 0.15) is 29.4 Å². The number of fused-ring (bicyclic) bond motifs is 2. The molecule has 2 aromatic heterocycles. The lowest BCUT2D eigenvalue weighted by molar-refractivity contribution is -0.137. The lowest BCUT2D eigenvalue weighted by Crippen LogP contribution is -2.36. The molecule has 0 saturated carbocycles.